The predicted octanol–water partition coefficient (Wildman–Crippen LogP) is -0.929. The minimum absolute atomic E-state index is 0.0336. The average Bonchev–Trinajstić information content (AvgIpc) is 2.83. The molecule has 0 amide bonds. The molecule has 0 radical (unpaired) electrons. The van der Waals surface area contributed by atoms with Gasteiger partial charge in [-0.05, 0) is 18.6 Å². The Kier molecular flexibility index (Phi) is 3.56. The van der Waals surface area contributed by atoms with Crippen molar-refractivity contribution in [2.75, 3.05) is 19.7 Å². The van der Waals surface area contributed by atoms with Crippen molar-refractivity contribution in [3.63, 3.8) is 0 Å². The van der Waals surface area contributed by atoms with Gasteiger partial charge in [-0.2, -0.15) is 9.57 Å². The van der Waals surface area contributed by atoms with E-state index >= 15 is 0 Å². The lowest BCUT2D eigenvalue weighted by Gasteiger charge is -2.20. The zero-order valence-electron chi connectivity index (χ0n) is 10.0. The maximum atomic E-state index is 12.2. The Morgan fingerprint density at radius 2 is 2.26 bits per heavy atom. The van der Waals surface area contributed by atoms with E-state index in [1.807, 2.05) is 0 Å². The third kappa shape index (κ3) is 2.59. The van der Waals surface area contributed by atoms with Crippen molar-refractivity contribution in [3.8, 4) is 6.07 Å². The van der Waals surface area contributed by atoms with E-state index in [2.05, 4.69) is 4.98 Å². The first-order valence-electron chi connectivity index (χ1n) is 5.61. The number of nitrogens with zero attached hydrogens (tertiary/aromatic N) is 3. The zero-order valence-corrected chi connectivity index (χ0v) is 10.8. The van der Waals surface area contributed by atoms with E-state index in [-0.39, 0.29) is 30.1 Å². The van der Waals surface area contributed by atoms with Gasteiger partial charge in [0, 0.05) is 19.3 Å². The Morgan fingerprint density at radius 1 is 1.53 bits per heavy atom. The summed E-state index contributed by atoms with van der Waals surface area (Å²) in [5.74, 6) is 0. The first-order valence-corrected chi connectivity index (χ1v) is 7.05. The molecule has 7 nitrogen and oxygen atoms in total. The summed E-state index contributed by atoms with van der Waals surface area (Å²) in [5, 5.41) is 27.5. The minimum atomic E-state index is -3.75. The van der Waals surface area contributed by atoms with Crippen LogP contribution in [0.4, 0.5) is 0 Å². The number of pyridine rings is 1. The Hall–Kier alpha value is -1.53. The fourth-order valence-corrected chi connectivity index (χ4v) is 3.37. The molecule has 0 aliphatic carbocycles. The van der Waals surface area contributed by atoms with Crippen molar-refractivity contribution in [1.82, 2.24) is 9.29 Å². The lowest BCUT2D eigenvalue weighted by atomic mass is 10.1. The van der Waals surface area contributed by atoms with Crippen molar-refractivity contribution >= 4 is 10.0 Å². The lowest BCUT2D eigenvalue weighted by molar-refractivity contribution is -0.000734. The van der Waals surface area contributed by atoms with Crippen molar-refractivity contribution in [2.24, 2.45) is 0 Å². The summed E-state index contributed by atoms with van der Waals surface area (Å²) in [5.41, 5.74) is -1.25. The van der Waals surface area contributed by atoms with Crippen LogP contribution in [0.5, 0.6) is 0 Å². The highest BCUT2D eigenvalue weighted by Gasteiger charge is 2.41. The van der Waals surface area contributed by atoms with E-state index in [0.29, 0.717) is 0 Å². The van der Waals surface area contributed by atoms with E-state index < -0.39 is 22.2 Å². The monoisotopic (exact) mass is 283 g/mol. The second kappa shape index (κ2) is 4.86. The number of hydrogen-bond acceptors (Lipinski definition) is 6. The summed E-state index contributed by atoms with van der Waals surface area (Å²) in [6.45, 7) is -0.490. The van der Waals surface area contributed by atoms with Crippen LogP contribution in [0.15, 0.2) is 23.2 Å². The summed E-state index contributed by atoms with van der Waals surface area (Å²) < 4.78 is 25.6. The van der Waals surface area contributed by atoms with Gasteiger partial charge in [0.1, 0.15) is 22.3 Å². The average molecular weight is 283 g/mol. The van der Waals surface area contributed by atoms with Crippen molar-refractivity contribution in [3.05, 3.63) is 24.0 Å². The molecule has 1 aliphatic rings. The van der Waals surface area contributed by atoms with Crippen molar-refractivity contribution < 1.29 is 18.6 Å². The molecule has 1 aromatic heterocycles. The Balaban J connectivity index is 2.26. The third-order valence-corrected chi connectivity index (χ3v) is 4.91. The highest BCUT2D eigenvalue weighted by molar-refractivity contribution is 7.89. The number of aliphatic hydroxyl groups excluding tert-OH is 1. The fourth-order valence-electron chi connectivity index (χ4n) is 1.90. The normalized spacial score (nSPS) is 24.3. The molecule has 1 saturated heterocycles. The molecule has 102 valence electrons. The van der Waals surface area contributed by atoms with Gasteiger partial charge < -0.3 is 10.2 Å². The van der Waals surface area contributed by atoms with Crippen LogP contribution in [0.3, 0.4) is 0 Å². The SMILES string of the molecule is N#Cc1ccc(S(=O)(=O)N2CC[C@](O)(CO)C2)cn1. The third-order valence-electron chi connectivity index (χ3n) is 3.08. The van der Waals surface area contributed by atoms with E-state index in [1.54, 1.807) is 6.07 Å². The van der Waals surface area contributed by atoms with Gasteiger partial charge in [0.2, 0.25) is 10.0 Å². The molecule has 1 atom stereocenters. The van der Waals surface area contributed by atoms with Crippen LogP contribution in [0, 0.1) is 11.3 Å². The van der Waals surface area contributed by atoms with Crippen molar-refractivity contribution in [1.29, 1.82) is 5.26 Å². The van der Waals surface area contributed by atoms with Gasteiger partial charge in [0.05, 0.1) is 6.61 Å². The van der Waals surface area contributed by atoms with Gasteiger partial charge in [0.25, 0.3) is 0 Å². The van der Waals surface area contributed by atoms with E-state index in [4.69, 9.17) is 10.4 Å². The van der Waals surface area contributed by atoms with Crippen LogP contribution in [-0.2, 0) is 10.0 Å². The molecule has 1 fully saturated rings. The minimum Gasteiger partial charge on any atom is -0.393 e. The molecule has 1 aromatic rings. The van der Waals surface area contributed by atoms with Gasteiger partial charge >= 0.3 is 0 Å². The standard InChI is InChI=1S/C11H13N3O4S/c12-5-9-1-2-10(6-13-9)19(17,18)14-4-3-11(16,7-14)8-15/h1-2,6,15-16H,3-4,7-8H2/t11-/m1/s1. The molecule has 2 N–H and O–H groups in total. The molecule has 2 rings (SSSR count). The smallest absolute Gasteiger partial charge is 0.244 e. The van der Waals surface area contributed by atoms with Crippen LogP contribution in [0.2, 0.25) is 0 Å². The number of sulfonamides is 1. The van der Waals surface area contributed by atoms with E-state index in [1.165, 1.54) is 12.1 Å². The topological polar surface area (TPSA) is 115 Å². The van der Waals surface area contributed by atoms with Gasteiger partial charge in [0.15, 0.2) is 0 Å². The van der Waals surface area contributed by atoms with Crippen LogP contribution in [0.25, 0.3) is 0 Å². The largest absolute Gasteiger partial charge is 0.393 e. The molecule has 0 bridgehead atoms. The second-order valence-electron chi connectivity index (χ2n) is 4.46. The van der Waals surface area contributed by atoms with Crippen molar-refractivity contribution in [2.45, 2.75) is 16.9 Å². The molecule has 2 heterocycles. The number of aliphatic hydroxyl groups is 2. The summed E-state index contributed by atoms with van der Waals surface area (Å²) >= 11 is 0. The molecular formula is C11H13N3O4S. The summed E-state index contributed by atoms with van der Waals surface area (Å²) in [6, 6.07) is 4.43. The first-order chi connectivity index (χ1) is 8.91. The number of hydrogen-bond donors (Lipinski definition) is 2. The molecule has 8 heteroatoms. The maximum Gasteiger partial charge on any atom is 0.244 e. The summed E-state index contributed by atoms with van der Waals surface area (Å²) in [7, 11) is -3.75. The first kappa shape index (κ1) is 13.9. The number of nitriles is 1. The number of rotatable bonds is 3. The highest BCUT2D eigenvalue weighted by atomic mass is 32.2. The Labute approximate surface area is 110 Å². The molecular weight excluding hydrogens is 270 g/mol. The highest BCUT2D eigenvalue weighted by Crippen LogP contribution is 2.26. The molecule has 0 saturated carbocycles. The van der Waals surface area contributed by atoms with E-state index in [9.17, 15) is 13.5 Å². The molecule has 0 unspecified atom stereocenters. The summed E-state index contributed by atoms with van der Waals surface area (Å²) in [4.78, 5) is 3.68. The molecule has 0 aromatic carbocycles. The number of β-amino-alcohol motifs (C(OH)–C–C–N with tert-alkyl or cyclic N) is 1. The van der Waals surface area contributed by atoms with Crippen LogP contribution in [0.1, 0.15) is 12.1 Å². The zero-order chi connectivity index (χ0) is 14.1. The van der Waals surface area contributed by atoms with E-state index in [0.717, 1.165) is 10.5 Å². The van der Waals surface area contributed by atoms with Gasteiger partial charge in [-0.15, -0.1) is 0 Å². The Bertz CT molecular complexity index is 608. The van der Waals surface area contributed by atoms with Crippen LogP contribution < -0.4 is 0 Å². The van der Waals surface area contributed by atoms with Crippen LogP contribution >= 0.6 is 0 Å². The summed E-state index contributed by atoms with van der Waals surface area (Å²) in [6.07, 6.45) is 1.30. The lowest BCUT2D eigenvalue weighted by Crippen LogP contribution is -2.38. The van der Waals surface area contributed by atoms with Crippen LogP contribution in [-0.4, -0.2) is 53.2 Å². The fraction of sp³-hybridized carbons (Fsp3) is 0.455. The van der Waals surface area contributed by atoms with Gasteiger partial charge in [-0.25, -0.2) is 13.4 Å². The van der Waals surface area contributed by atoms with Gasteiger partial charge in [-0.3, -0.25) is 0 Å². The maximum absolute atomic E-state index is 12.2. The number of aromatic nitrogens is 1. The van der Waals surface area contributed by atoms with Gasteiger partial charge in [-0.1, -0.05) is 0 Å². The molecule has 0 spiro atoms. The molecule has 19 heavy (non-hydrogen) atoms. The predicted molar refractivity (Wildman–Crippen MR) is 64.4 cm³/mol. The quantitative estimate of drug-likeness (QED) is 0.740. The second-order valence-corrected chi connectivity index (χ2v) is 6.40. The Morgan fingerprint density at radius 3 is 2.74 bits per heavy atom. The molecule has 1 aliphatic heterocycles.